The average Bonchev–Trinajstić information content (AvgIpc) is 3.40. The molecule has 1 amide bonds. The van der Waals surface area contributed by atoms with E-state index in [1.54, 1.807) is 47.3 Å². The van der Waals surface area contributed by atoms with E-state index in [9.17, 15) is 13.2 Å². The number of hydrogen-bond acceptors (Lipinski definition) is 7. The quantitative estimate of drug-likeness (QED) is 0.486. The highest BCUT2D eigenvalue weighted by Crippen LogP contribution is 2.37. The lowest BCUT2D eigenvalue weighted by Crippen LogP contribution is -2.41. The number of ether oxygens (including phenoxy) is 1. The molecule has 1 aliphatic heterocycles. The number of benzene rings is 1. The lowest BCUT2D eigenvalue weighted by molar-refractivity contribution is 0.0981. The molecule has 1 atom stereocenters. The number of pyridine rings is 1. The summed E-state index contributed by atoms with van der Waals surface area (Å²) in [7, 11) is -4.04. The highest BCUT2D eigenvalue weighted by molar-refractivity contribution is 7.90. The number of amides is 1. The molecule has 0 bridgehead atoms. The normalized spacial score (nSPS) is 17.6. The standard InChI is InChI=1S/C27H35N5O4S/c1-19-16-27(5,6)31(17-19)24-21(25(33)30-37(34,35)20-10-8-7-9-11-20)12-13-22(28-24)32-15-14-23(29-32)36-18-26(2,3)4/h7-15,19H,16-18H2,1-6H3,(H,30,33)/t19-/m0/s1. The van der Waals surface area contributed by atoms with Gasteiger partial charge in [0.1, 0.15) is 5.82 Å². The van der Waals surface area contributed by atoms with Gasteiger partial charge in [-0.15, -0.1) is 5.10 Å². The van der Waals surface area contributed by atoms with E-state index in [1.165, 1.54) is 12.1 Å². The van der Waals surface area contributed by atoms with Crippen LogP contribution in [0.25, 0.3) is 5.82 Å². The van der Waals surface area contributed by atoms with Crippen LogP contribution in [0.4, 0.5) is 5.82 Å². The van der Waals surface area contributed by atoms with E-state index < -0.39 is 15.9 Å². The summed E-state index contributed by atoms with van der Waals surface area (Å²) in [4.78, 5) is 20.2. The van der Waals surface area contributed by atoms with Crippen LogP contribution in [0.5, 0.6) is 5.88 Å². The topological polar surface area (TPSA) is 106 Å². The molecule has 37 heavy (non-hydrogen) atoms. The van der Waals surface area contributed by atoms with Crippen molar-refractivity contribution in [1.82, 2.24) is 19.5 Å². The van der Waals surface area contributed by atoms with Gasteiger partial charge in [-0.3, -0.25) is 4.79 Å². The summed E-state index contributed by atoms with van der Waals surface area (Å²) in [5.41, 5.74) is -0.104. The first kappa shape index (κ1) is 26.7. The molecule has 4 rings (SSSR count). The lowest BCUT2D eigenvalue weighted by atomic mass is 9.97. The van der Waals surface area contributed by atoms with Gasteiger partial charge in [0.15, 0.2) is 5.82 Å². The van der Waals surface area contributed by atoms with Crippen molar-refractivity contribution in [2.24, 2.45) is 11.3 Å². The second kappa shape index (κ2) is 9.81. The van der Waals surface area contributed by atoms with Crippen LogP contribution in [-0.4, -0.2) is 47.8 Å². The van der Waals surface area contributed by atoms with E-state index in [0.29, 0.717) is 36.6 Å². The predicted molar refractivity (Wildman–Crippen MR) is 143 cm³/mol. The number of sulfonamides is 1. The molecule has 1 aromatic carbocycles. The fourth-order valence-electron chi connectivity index (χ4n) is 4.55. The zero-order valence-electron chi connectivity index (χ0n) is 22.2. The number of carbonyl (C=O) groups excluding carboxylic acids is 1. The number of carbonyl (C=O) groups is 1. The summed E-state index contributed by atoms with van der Waals surface area (Å²) in [6, 6.07) is 12.8. The second-order valence-corrected chi connectivity index (χ2v) is 13.2. The molecule has 0 unspecified atom stereocenters. The fraction of sp³-hybridized carbons (Fsp3) is 0.444. The molecule has 0 aliphatic carbocycles. The average molecular weight is 526 g/mol. The second-order valence-electron chi connectivity index (χ2n) is 11.5. The third kappa shape index (κ3) is 6.12. The van der Waals surface area contributed by atoms with Crippen LogP contribution in [0, 0.1) is 11.3 Å². The van der Waals surface area contributed by atoms with Gasteiger partial charge in [-0.05, 0) is 55.9 Å². The molecule has 198 valence electrons. The Morgan fingerprint density at radius 1 is 1.14 bits per heavy atom. The molecule has 10 heteroatoms. The van der Waals surface area contributed by atoms with Crippen molar-refractivity contribution >= 4 is 21.7 Å². The maximum Gasteiger partial charge on any atom is 0.268 e. The van der Waals surface area contributed by atoms with Gasteiger partial charge in [0.05, 0.1) is 17.1 Å². The monoisotopic (exact) mass is 525 g/mol. The van der Waals surface area contributed by atoms with Gasteiger partial charge >= 0.3 is 0 Å². The first-order chi connectivity index (χ1) is 17.2. The molecular weight excluding hydrogens is 490 g/mol. The molecule has 0 radical (unpaired) electrons. The van der Waals surface area contributed by atoms with Gasteiger partial charge in [0.2, 0.25) is 5.88 Å². The molecule has 1 aliphatic rings. The maximum atomic E-state index is 13.3. The van der Waals surface area contributed by atoms with Crippen LogP contribution in [-0.2, 0) is 10.0 Å². The summed E-state index contributed by atoms with van der Waals surface area (Å²) in [5.74, 6) is 1.04. The first-order valence-electron chi connectivity index (χ1n) is 12.3. The first-order valence-corrected chi connectivity index (χ1v) is 13.8. The van der Waals surface area contributed by atoms with Gasteiger partial charge in [0, 0.05) is 24.3 Å². The van der Waals surface area contributed by atoms with Crippen molar-refractivity contribution in [3.63, 3.8) is 0 Å². The molecule has 0 spiro atoms. The molecule has 1 N–H and O–H groups in total. The third-order valence-electron chi connectivity index (χ3n) is 6.17. The van der Waals surface area contributed by atoms with Gasteiger partial charge < -0.3 is 9.64 Å². The Bertz CT molecular complexity index is 1380. The van der Waals surface area contributed by atoms with Crippen molar-refractivity contribution in [2.75, 3.05) is 18.1 Å². The number of nitrogens with zero attached hydrogens (tertiary/aromatic N) is 4. The largest absolute Gasteiger partial charge is 0.476 e. The molecule has 0 saturated carbocycles. The maximum absolute atomic E-state index is 13.3. The zero-order valence-corrected chi connectivity index (χ0v) is 23.0. The van der Waals surface area contributed by atoms with Crippen LogP contribution in [0.3, 0.4) is 0 Å². The highest BCUT2D eigenvalue weighted by Gasteiger charge is 2.39. The number of aromatic nitrogens is 3. The Morgan fingerprint density at radius 2 is 1.84 bits per heavy atom. The summed E-state index contributed by atoms with van der Waals surface area (Å²) >= 11 is 0. The molecule has 1 fully saturated rings. The molecule has 9 nitrogen and oxygen atoms in total. The minimum atomic E-state index is -4.04. The molecule has 1 saturated heterocycles. The smallest absolute Gasteiger partial charge is 0.268 e. The van der Waals surface area contributed by atoms with Crippen LogP contribution >= 0.6 is 0 Å². The Labute approximate surface area is 218 Å². The van der Waals surface area contributed by atoms with Gasteiger partial charge in [-0.25, -0.2) is 22.8 Å². The van der Waals surface area contributed by atoms with Crippen molar-refractivity contribution in [2.45, 2.75) is 58.4 Å². The van der Waals surface area contributed by atoms with Crippen molar-refractivity contribution in [1.29, 1.82) is 0 Å². The zero-order chi connectivity index (χ0) is 27.0. The van der Waals surface area contributed by atoms with Gasteiger partial charge in [-0.1, -0.05) is 45.9 Å². The summed E-state index contributed by atoms with van der Waals surface area (Å²) in [6.07, 6.45) is 2.66. The summed E-state index contributed by atoms with van der Waals surface area (Å²) in [5, 5.41) is 4.49. The van der Waals surface area contributed by atoms with E-state index in [0.717, 1.165) is 6.42 Å². The molecular formula is C27H35N5O4S. The summed E-state index contributed by atoms with van der Waals surface area (Å²) in [6.45, 7) is 13.8. The fourth-order valence-corrected chi connectivity index (χ4v) is 5.53. The minimum Gasteiger partial charge on any atom is -0.476 e. The SMILES string of the molecule is C[C@@H]1CN(c2nc(-n3ccc(OCC(C)(C)C)n3)ccc2C(=O)NS(=O)(=O)c2ccccc2)C(C)(C)C1. The van der Waals surface area contributed by atoms with E-state index in [1.807, 2.05) is 0 Å². The third-order valence-corrected chi connectivity index (χ3v) is 7.51. The van der Waals surface area contributed by atoms with E-state index in [-0.39, 0.29) is 21.4 Å². The number of nitrogens with one attached hydrogen (secondary N) is 1. The van der Waals surface area contributed by atoms with Gasteiger partial charge in [-0.2, -0.15) is 0 Å². The van der Waals surface area contributed by atoms with Crippen molar-refractivity contribution in [3.8, 4) is 11.7 Å². The van der Waals surface area contributed by atoms with E-state index in [2.05, 4.69) is 56.3 Å². The van der Waals surface area contributed by atoms with Crippen LogP contribution in [0.1, 0.15) is 58.3 Å². The minimum absolute atomic E-state index is 0.0116. The number of anilines is 1. The Kier molecular flexibility index (Phi) is 7.07. The Balaban J connectivity index is 1.70. The number of rotatable bonds is 7. The highest BCUT2D eigenvalue weighted by atomic mass is 32.2. The lowest BCUT2D eigenvalue weighted by Gasteiger charge is -2.34. The molecule has 3 heterocycles. The summed E-state index contributed by atoms with van der Waals surface area (Å²) < 4.78 is 35.3. The Hall–Kier alpha value is -3.40. The van der Waals surface area contributed by atoms with Crippen LogP contribution in [0.2, 0.25) is 0 Å². The van der Waals surface area contributed by atoms with Crippen LogP contribution in [0.15, 0.2) is 59.6 Å². The van der Waals surface area contributed by atoms with E-state index in [4.69, 9.17) is 9.72 Å². The molecule has 2 aromatic heterocycles. The number of hydrogen-bond donors (Lipinski definition) is 1. The van der Waals surface area contributed by atoms with Crippen molar-refractivity contribution < 1.29 is 17.9 Å². The molecule has 3 aromatic rings. The van der Waals surface area contributed by atoms with E-state index >= 15 is 0 Å². The Morgan fingerprint density at radius 3 is 2.46 bits per heavy atom. The van der Waals surface area contributed by atoms with Crippen LogP contribution < -0.4 is 14.4 Å². The van der Waals surface area contributed by atoms with Crippen molar-refractivity contribution in [3.05, 3.63) is 60.3 Å². The predicted octanol–water partition coefficient (Wildman–Crippen LogP) is 4.44. The van der Waals surface area contributed by atoms with Gasteiger partial charge in [0.25, 0.3) is 15.9 Å².